The number of aliphatic hydroxyl groups is 1. The van der Waals surface area contributed by atoms with E-state index in [1.165, 1.54) is 44.6 Å². The number of carbonyl (C=O) groups excluding carboxylic acids is 1. The second-order valence-corrected chi connectivity index (χ2v) is 10.4. The van der Waals surface area contributed by atoms with E-state index in [2.05, 4.69) is 13.8 Å². The standard InChI is InChI=1S/C24H38O4/c1-4-27-21(12-16-25)28-20-11-15-24(26)19-9-8-17-7-5-6-13-22(17,2)18(19)10-14-23(20,24)3/h12,17-21,26H,4-11,13-15H2,1-3H3/t17?,18-,19-,20?,21?,22+,23-,24-/m1/s1. The summed E-state index contributed by atoms with van der Waals surface area (Å²) in [6, 6.07) is 0. The SMILES string of the molecule is CCOC(C=C=O)OC1CC[C@@]2(O)[C@@H]3CCC4CCCC[C@]4(C)[C@@H]3CC[C@]12C. The molecule has 4 nitrogen and oxygen atoms in total. The Kier molecular flexibility index (Phi) is 5.55. The molecule has 0 amide bonds. The smallest absolute Gasteiger partial charge is 0.187 e. The van der Waals surface area contributed by atoms with Gasteiger partial charge in [0.15, 0.2) is 6.29 Å². The maximum absolute atomic E-state index is 12.1. The van der Waals surface area contributed by atoms with Gasteiger partial charge in [0.2, 0.25) is 0 Å². The normalized spacial score (nSPS) is 48.7. The highest BCUT2D eigenvalue weighted by Crippen LogP contribution is 2.68. The second-order valence-electron chi connectivity index (χ2n) is 10.4. The van der Waals surface area contributed by atoms with Crippen LogP contribution in [0, 0.1) is 28.6 Å². The second kappa shape index (κ2) is 7.54. The van der Waals surface area contributed by atoms with Crippen molar-refractivity contribution in [3.63, 3.8) is 0 Å². The fraction of sp³-hybridized carbons (Fsp3) is 0.917. The highest BCUT2D eigenvalue weighted by atomic mass is 16.7. The first-order chi connectivity index (χ1) is 13.4. The van der Waals surface area contributed by atoms with Crippen molar-refractivity contribution in [2.24, 2.45) is 28.6 Å². The Labute approximate surface area is 170 Å². The Morgan fingerprint density at radius 2 is 1.89 bits per heavy atom. The minimum absolute atomic E-state index is 0.0727. The molecule has 0 aliphatic heterocycles. The molecule has 1 N–H and O–H groups in total. The van der Waals surface area contributed by atoms with E-state index >= 15 is 0 Å². The van der Waals surface area contributed by atoms with Crippen LogP contribution in [0.5, 0.6) is 0 Å². The lowest BCUT2D eigenvalue weighted by Gasteiger charge is -2.63. The highest BCUT2D eigenvalue weighted by molar-refractivity contribution is 5.45. The van der Waals surface area contributed by atoms with E-state index in [-0.39, 0.29) is 11.5 Å². The summed E-state index contributed by atoms with van der Waals surface area (Å²) in [5.41, 5.74) is -0.517. The molecule has 4 aliphatic rings. The number of hydrogen-bond donors (Lipinski definition) is 1. The van der Waals surface area contributed by atoms with E-state index < -0.39 is 11.9 Å². The fourth-order valence-electron chi connectivity index (χ4n) is 7.94. The summed E-state index contributed by atoms with van der Waals surface area (Å²) >= 11 is 0. The summed E-state index contributed by atoms with van der Waals surface area (Å²) in [6.07, 6.45) is 12.3. The van der Waals surface area contributed by atoms with Crippen LogP contribution in [-0.4, -0.2) is 35.6 Å². The van der Waals surface area contributed by atoms with Crippen LogP contribution in [0.15, 0.2) is 6.08 Å². The van der Waals surface area contributed by atoms with Crippen LogP contribution >= 0.6 is 0 Å². The molecular weight excluding hydrogens is 352 g/mol. The molecule has 28 heavy (non-hydrogen) atoms. The number of fused-ring (bicyclic) bond motifs is 5. The molecule has 0 heterocycles. The molecule has 0 aromatic heterocycles. The number of rotatable bonds is 5. The lowest BCUT2D eigenvalue weighted by atomic mass is 9.44. The van der Waals surface area contributed by atoms with Gasteiger partial charge in [0.1, 0.15) is 5.94 Å². The first-order valence-electron chi connectivity index (χ1n) is 11.6. The van der Waals surface area contributed by atoms with Crippen LogP contribution in [0.25, 0.3) is 0 Å². The Bertz CT molecular complexity index is 628. The molecule has 0 aromatic rings. The Balaban J connectivity index is 1.58. The molecular formula is C24H38O4. The van der Waals surface area contributed by atoms with Crippen molar-refractivity contribution in [1.82, 2.24) is 0 Å². The van der Waals surface area contributed by atoms with E-state index in [1.807, 2.05) is 12.9 Å². The molecule has 4 rings (SSSR count). The van der Waals surface area contributed by atoms with E-state index in [0.29, 0.717) is 23.9 Å². The fourth-order valence-corrected chi connectivity index (χ4v) is 7.94. The lowest BCUT2D eigenvalue weighted by molar-refractivity contribution is -0.236. The molecule has 4 fully saturated rings. The molecule has 158 valence electrons. The average Bonchev–Trinajstić information content (AvgIpc) is 2.93. The van der Waals surface area contributed by atoms with Gasteiger partial charge in [-0.15, -0.1) is 0 Å². The topological polar surface area (TPSA) is 55.8 Å². The number of hydrogen-bond acceptors (Lipinski definition) is 4. The molecule has 0 aromatic carbocycles. The van der Waals surface area contributed by atoms with Crippen molar-refractivity contribution in [2.45, 2.75) is 103 Å². The Morgan fingerprint density at radius 3 is 2.64 bits per heavy atom. The van der Waals surface area contributed by atoms with Gasteiger partial charge in [-0.05, 0) is 81.5 Å². The minimum atomic E-state index is -0.659. The van der Waals surface area contributed by atoms with Gasteiger partial charge in [0.25, 0.3) is 0 Å². The van der Waals surface area contributed by atoms with Crippen molar-refractivity contribution in [1.29, 1.82) is 0 Å². The summed E-state index contributed by atoms with van der Waals surface area (Å²) in [5, 5.41) is 12.1. The monoisotopic (exact) mass is 390 g/mol. The Hall–Kier alpha value is -0.670. The zero-order chi connectivity index (χ0) is 20.0. The largest absolute Gasteiger partial charge is 0.389 e. The minimum Gasteiger partial charge on any atom is -0.389 e. The van der Waals surface area contributed by atoms with Gasteiger partial charge in [-0.25, -0.2) is 4.79 Å². The molecule has 0 radical (unpaired) electrons. The summed E-state index contributed by atoms with van der Waals surface area (Å²) in [4.78, 5) is 10.9. The molecule has 4 aliphatic carbocycles. The van der Waals surface area contributed by atoms with Gasteiger partial charge in [-0.1, -0.05) is 26.7 Å². The Morgan fingerprint density at radius 1 is 1.07 bits per heavy atom. The van der Waals surface area contributed by atoms with Crippen LogP contribution in [0.2, 0.25) is 0 Å². The van der Waals surface area contributed by atoms with Crippen molar-refractivity contribution in [3.8, 4) is 0 Å². The summed E-state index contributed by atoms with van der Waals surface area (Å²) in [5.74, 6) is 3.69. The third-order valence-electron chi connectivity index (χ3n) is 9.52. The van der Waals surface area contributed by atoms with Gasteiger partial charge in [0.05, 0.1) is 17.8 Å². The summed E-state index contributed by atoms with van der Waals surface area (Å²) < 4.78 is 11.8. The van der Waals surface area contributed by atoms with Crippen LogP contribution in [0.4, 0.5) is 0 Å². The first kappa shape index (κ1) is 20.6. The maximum atomic E-state index is 12.1. The molecule has 4 heteroatoms. The van der Waals surface area contributed by atoms with Crippen LogP contribution < -0.4 is 0 Å². The van der Waals surface area contributed by atoms with E-state index in [4.69, 9.17) is 9.47 Å². The molecule has 4 saturated carbocycles. The predicted octanol–water partition coefficient (Wildman–Crippen LogP) is 4.67. The lowest BCUT2D eigenvalue weighted by Crippen LogP contribution is -2.62. The summed E-state index contributed by atoms with van der Waals surface area (Å²) in [6.45, 7) is 7.14. The van der Waals surface area contributed by atoms with Gasteiger partial charge < -0.3 is 14.6 Å². The zero-order valence-electron chi connectivity index (χ0n) is 17.9. The quantitative estimate of drug-likeness (QED) is 0.547. The van der Waals surface area contributed by atoms with Crippen LogP contribution in [0.3, 0.4) is 0 Å². The maximum Gasteiger partial charge on any atom is 0.187 e. The average molecular weight is 391 g/mol. The molecule has 0 spiro atoms. The third kappa shape index (κ3) is 2.95. The van der Waals surface area contributed by atoms with Gasteiger partial charge >= 0.3 is 0 Å². The number of ether oxygens (including phenoxy) is 2. The highest BCUT2D eigenvalue weighted by Gasteiger charge is 2.67. The molecule has 3 unspecified atom stereocenters. The van der Waals surface area contributed by atoms with E-state index in [0.717, 1.165) is 31.6 Å². The summed E-state index contributed by atoms with van der Waals surface area (Å²) in [7, 11) is 0. The predicted molar refractivity (Wildman–Crippen MR) is 108 cm³/mol. The van der Waals surface area contributed by atoms with Gasteiger partial charge in [0, 0.05) is 12.0 Å². The van der Waals surface area contributed by atoms with Crippen molar-refractivity contribution < 1.29 is 19.4 Å². The van der Waals surface area contributed by atoms with Gasteiger partial charge in [-0.3, -0.25) is 0 Å². The molecule has 0 bridgehead atoms. The third-order valence-corrected chi connectivity index (χ3v) is 9.52. The first-order valence-corrected chi connectivity index (χ1v) is 11.6. The van der Waals surface area contributed by atoms with Gasteiger partial charge in [-0.2, -0.15) is 0 Å². The van der Waals surface area contributed by atoms with E-state index in [1.54, 1.807) is 0 Å². The molecule has 0 saturated heterocycles. The molecule has 8 atom stereocenters. The zero-order valence-corrected chi connectivity index (χ0v) is 17.9. The van der Waals surface area contributed by atoms with Crippen molar-refractivity contribution >= 4 is 5.94 Å². The van der Waals surface area contributed by atoms with Crippen molar-refractivity contribution in [3.05, 3.63) is 6.08 Å². The van der Waals surface area contributed by atoms with Crippen molar-refractivity contribution in [2.75, 3.05) is 6.61 Å². The van der Waals surface area contributed by atoms with E-state index in [9.17, 15) is 9.90 Å². The van der Waals surface area contributed by atoms with Crippen LogP contribution in [0.1, 0.15) is 85.0 Å². The van der Waals surface area contributed by atoms with Crippen LogP contribution in [-0.2, 0) is 14.3 Å².